The van der Waals surface area contributed by atoms with E-state index in [0.717, 1.165) is 25.9 Å². The number of rotatable bonds is 5. The second kappa shape index (κ2) is 9.38. The number of non-ortho nitro benzene ring substituents is 1. The largest absolute Gasteiger partial charge is 0.348 e. The Hall–Kier alpha value is -2.13. The Morgan fingerprint density at radius 2 is 2.00 bits per heavy atom. The average Bonchev–Trinajstić information content (AvgIpc) is 3.22. The molecule has 8 nitrogen and oxygen atoms in total. The van der Waals surface area contributed by atoms with Crippen molar-refractivity contribution in [1.29, 1.82) is 0 Å². The minimum atomic E-state index is -0.802. The van der Waals surface area contributed by atoms with E-state index in [1.807, 2.05) is 11.8 Å². The SMILES string of the molecule is Cc1ccc([N+](=O)[O-])cc1NC(=O)C(=O)NCC1CCN(C2CCSC2)CC1. The first kappa shape index (κ1) is 20.6. The van der Waals surface area contributed by atoms with E-state index in [4.69, 9.17) is 0 Å². The molecule has 2 fully saturated rings. The number of amides is 2. The van der Waals surface area contributed by atoms with E-state index in [-0.39, 0.29) is 11.4 Å². The van der Waals surface area contributed by atoms with E-state index in [0.29, 0.717) is 24.1 Å². The molecule has 0 aliphatic carbocycles. The molecule has 0 saturated carbocycles. The van der Waals surface area contributed by atoms with E-state index >= 15 is 0 Å². The van der Waals surface area contributed by atoms with Gasteiger partial charge >= 0.3 is 11.8 Å². The standard InChI is InChI=1S/C19H26N4O4S/c1-13-2-3-15(23(26)27)10-17(13)21-19(25)18(24)20-11-14-4-7-22(8-5-14)16-6-9-28-12-16/h2-3,10,14,16H,4-9,11-12H2,1H3,(H,20,24)(H,21,25). The minimum absolute atomic E-state index is 0.131. The lowest BCUT2D eigenvalue weighted by Crippen LogP contribution is -2.45. The van der Waals surface area contributed by atoms with Gasteiger partial charge in [-0.15, -0.1) is 0 Å². The molecule has 0 aromatic heterocycles. The summed E-state index contributed by atoms with van der Waals surface area (Å²) >= 11 is 2.02. The van der Waals surface area contributed by atoms with Gasteiger partial charge in [0.25, 0.3) is 5.69 Å². The third-order valence-corrected chi connectivity index (χ3v) is 6.65. The predicted molar refractivity (Wildman–Crippen MR) is 109 cm³/mol. The number of aryl methyl sites for hydroxylation is 1. The number of hydrogen-bond donors (Lipinski definition) is 2. The molecule has 2 aliphatic rings. The van der Waals surface area contributed by atoms with Crippen LogP contribution in [0.15, 0.2) is 18.2 Å². The number of nitro benzene ring substituents is 1. The quantitative estimate of drug-likeness (QED) is 0.441. The highest BCUT2D eigenvalue weighted by Gasteiger charge is 2.28. The van der Waals surface area contributed by atoms with Crippen molar-refractivity contribution in [3.8, 4) is 0 Å². The van der Waals surface area contributed by atoms with Crippen molar-refractivity contribution in [2.45, 2.75) is 32.2 Å². The molecule has 0 spiro atoms. The third kappa shape index (κ3) is 5.23. The highest BCUT2D eigenvalue weighted by molar-refractivity contribution is 7.99. The van der Waals surface area contributed by atoms with Crippen LogP contribution in [-0.2, 0) is 9.59 Å². The molecule has 2 saturated heterocycles. The van der Waals surface area contributed by atoms with Gasteiger partial charge in [0.15, 0.2) is 0 Å². The van der Waals surface area contributed by atoms with E-state index in [1.165, 1.54) is 30.1 Å². The molecule has 1 atom stereocenters. The second-order valence-electron chi connectivity index (χ2n) is 7.42. The fraction of sp³-hybridized carbons (Fsp3) is 0.579. The summed E-state index contributed by atoms with van der Waals surface area (Å²) in [7, 11) is 0. The Morgan fingerprint density at radius 1 is 1.25 bits per heavy atom. The zero-order valence-corrected chi connectivity index (χ0v) is 16.8. The predicted octanol–water partition coefficient (Wildman–Crippen LogP) is 2.18. The molecular formula is C19H26N4O4S. The van der Waals surface area contributed by atoms with Gasteiger partial charge in [-0.3, -0.25) is 24.6 Å². The summed E-state index contributed by atoms with van der Waals surface area (Å²) in [6, 6.07) is 4.87. The van der Waals surface area contributed by atoms with Crippen LogP contribution < -0.4 is 10.6 Å². The zero-order valence-electron chi connectivity index (χ0n) is 16.0. The van der Waals surface area contributed by atoms with Gasteiger partial charge in [-0.1, -0.05) is 6.07 Å². The first-order chi connectivity index (χ1) is 13.4. The lowest BCUT2D eigenvalue weighted by molar-refractivity contribution is -0.384. The van der Waals surface area contributed by atoms with Crippen molar-refractivity contribution in [1.82, 2.24) is 10.2 Å². The van der Waals surface area contributed by atoms with Gasteiger partial charge < -0.3 is 10.6 Å². The summed E-state index contributed by atoms with van der Waals surface area (Å²) in [4.78, 5) is 37.2. The van der Waals surface area contributed by atoms with Crippen LogP contribution in [0.3, 0.4) is 0 Å². The molecule has 2 amide bonds. The highest BCUT2D eigenvalue weighted by atomic mass is 32.2. The topological polar surface area (TPSA) is 105 Å². The maximum atomic E-state index is 12.1. The van der Waals surface area contributed by atoms with Gasteiger partial charge in [-0.2, -0.15) is 11.8 Å². The van der Waals surface area contributed by atoms with E-state index in [9.17, 15) is 19.7 Å². The summed E-state index contributed by atoms with van der Waals surface area (Å²) in [5.74, 6) is 1.34. The molecule has 152 valence electrons. The van der Waals surface area contributed by atoms with Crippen molar-refractivity contribution in [2.75, 3.05) is 36.5 Å². The van der Waals surface area contributed by atoms with Gasteiger partial charge in [-0.05, 0) is 56.5 Å². The number of likely N-dealkylation sites (tertiary alicyclic amines) is 1. The molecule has 3 rings (SSSR count). The van der Waals surface area contributed by atoms with Gasteiger partial charge in [-0.25, -0.2) is 0 Å². The molecule has 1 unspecified atom stereocenters. The first-order valence-corrected chi connectivity index (χ1v) is 10.8. The molecule has 9 heteroatoms. The Bertz CT molecular complexity index is 743. The molecule has 28 heavy (non-hydrogen) atoms. The van der Waals surface area contributed by atoms with Crippen molar-refractivity contribution < 1.29 is 14.5 Å². The Morgan fingerprint density at radius 3 is 2.64 bits per heavy atom. The first-order valence-electron chi connectivity index (χ1n) is 9.60. The van der Waals surface area contributed by atoms with E-state index in [2.05, 4.69) is 15.5 Å². The van der Waals surface area contributed by atoms with Crippen LogP contribution in [0.4, 0.5) is 11.4 Å². The number of thioether (sulfide) groups is 1. The third-order valence-electron chi connectivity index (χ3n) is 5.51. The number of piperidine rings is 1. The Labute approximate surface area is 168 Å². The molecule has 0 radical (unpaired) electrons. The summed E-state index contributed by atoms with van der Waals surface area (Å²) < 4.78 is 0. The molecule has 1 aromatic rings. The zero-order chi connectivity index (χ0) is 20.1. The lowest BCUT2D eigenvalue weighted by Gasteiger charge is -2.35. The second-order valence-corrected chi connectivity index (χ2v) is 8.57. The van der Waals surface area contributed by atoms with Crippen LogP contribution >= 0.6 is 11.8 Å². The van der Waals surface area contributed by atoms with Crippen molar-refractivity contribution in [3.63, 3.8) is 0 Å². The maximum Gasteiger partial charge on any atom is 0.313 e. The number of hydrogen-bond acceptors (Lipinski definition) is 6. The number of carbonyl (C=O) groups excluding carboxylic acids is 2. The lowest BCUT2D eigenvalue weighted by atomic mass is 9.95. The maximum absolute atomic E-state index is 12.1. The number of anilines is 1. The fourth-order valence-corrected chi connectivity index (χ4v) is 4.94. The fourth-order valence-electron chi connectivity index (χ4n) is 3.69. The van der Waals surface area contributed by atoms with Crippen LogP contribution in [0.25, 0.3) is 0 Å². The molecule has 2 N–H and O–H groups in total. The normalized spacial score (nSPS) is 20.7. The van der Waals surface area contributed by atoms with Crippen LogP contribution in [0, 0.1) is 23.0 Å². The summed E-state index contributed by atoms with van der Waals surface area (Å²) in [5.41, 5.74) is 0.801. The summed E-state index contributed by atoms with van der Waals surface area (Å²) in [6.07, 6.45) is 3.31. The van der Waals surface area contributed by atoms with Crippen LogP contribution in [0.5, 0.6) is 0 Å². The Kier molecular flexibility index (Phi) is 6.90. The molecule has 0 bridgehead atoms. The minimum Gasteiger partial charge on any atom is -0.348 e. The molecule has 2 aliphatic heterocycles. The van der Waals surface area contributed by atoms with Gasteiger partial charge in [0.05, 0.1) is 10.6 Å². The van der Waals surface area contributed by atoms with Crippen LogP contribution in [-0.4, -0.2) is 58.8 Å². The Balaban J connectivity index is 1.44. The number of benzene rings is 1. The monoisotopic (exact) mass is 406 g/mol. The van der Waals surface area contributed by atoms with Gasteiger partial charge in [0.2, 0.25) is 0 Å². The number of nitrogens with zero attached hydrogens (tertiary/aromatic N) is 2. The number of carbonyl (C=O) groups is 2. The van der Waals surface area contributed by atoms with E-state index in [1.54, 1.807) is 13.0 Å². The highest BCUT2D eigenvalue weighted by Crippen LogP contribution is 2.26. The van der Waals surface area contributed by atoms with Crippen molar-refractivity contribution >= 4 is 35.0 Å². The van der Waals surface area contributed by atoms with Crippen molar-refractivity contribution in [3.05, 3.63) is 33.9 Å². The van der Waals surface area contributed by atoms with Crippen LogP contribution in [0.1, 0.15) is 24.8 Å². The van der Waals surface area contributed by atoms with Crippen molar-refractivity contribution in [2.24, 2.45) is 5.92 Å². The van der Waals surface area contributed by atoms with Gasteiger partial charge in [0.1, 0.15) is 0 Å². The van der Waals surface area contributed by atoms with Crippen LogP contribution in [0.2, 0.25) is 0 Å². The smallest absolute Gasteiger partial charge is 0.313 e. The molecular weight excluding hydrogens is 380 g/mol. The molecule has 2 heterocycles. The molecule has 1 aromatic carbocycles. The average molecular weight is 407 g/mol. The summed E-state index contributed by atoms with van der Waals surface area (Å²) in [5, 5.41) is 16.1. The number of nitrogens with one attached hydrogen (secondary N) is 2. The van der Waals surface area contributed by atoms with Gasteiger partial charge in [0, 0.05) is 30.5 Å². The summed E-state index contributed by atoms with van der Waals surface area (Å²) in [6.45, 7) is 4.29. The number of nitro groups is 1. The van der Waals surface area contributed by atoms with E-state index < -0.39 is 16.7 Å².